The van der Waals surface area contributed by atoms with Crippen LogP contribution in [0, 0.1) is 5.92 Å². The maximum absolute atomic E-state index is 12.5. The minimum absolute atomic E-state index is 0.0589. The largest absolute Gasteiger partial charge is 0.342 e. The molecule has 0 bridgehead atoms. The highest BCUT2D eigenvalue weighted by atomic mass is 32.2. The Labute approximate surface area is 125 Å². The highest BCUT2D eigenvalue weighted by Crippen LogP contribution is 2.27. The molecule has 0 aromatic rings. The first-order valence-electron chi connectivity index (χ1n) is 7.75. The Morgan fingerprint density at radius 2 is 1.86 bits per heavy atom. The lowest BCUT2D eigenvalue weighted by Gasteiger charge is -2.29. The Bertz CT molecular complexity index is 539. The van der Waals surface area contributed by atoms with E-state index in [4.69, 9.17) is 0 Å². The van der Waals surface area contributed by atoms with Crippen LogP contribution in [0.25, 0.3) is 0 Å². The van der Waals surface area contributed by atoms with Gasteiger partial charge in [0.15, 0.2) is 9.84 Å². The molecule has 6 nitrogen and oxygen atoms in total. The molecule has 118 valence electrons. The molecular weight excluding hydrogens is 292 g/mol. The summed E-state index contributed by atoms with van der Waals surface area (Å²) >= 11 is 0. The van der Waals surface area contributed by atoms with Crippen LogP contribution in [-0.4, -0.2) is 67.2 Å². The van der Waals surface area contributed by atoms with E-state index in [1.807, 2.05) is 4.90 Å². The van der Waals surface area contributed by atoms with Crippen molar-refractivity contribution in [3.63, 3.8) is 0 Å². The number of sulfone groups is 1. The third-order valence-corrected chi connectivity index (χ3v) is 6.57. The fourth-order valence-corrected chi connectivity index (χ4v) is 5.37. The van der Waals surface area contributed by atoms with Gasteiger partial charge in [0.05, 0.1) is 17.4 Å². The number of hydrogen-bond acceptors (Lipinski definition) is 4. The highest BCUT2D eigenvalue weighted by Gasteiger charge is 2.42. The summed E-state index contributed by atoms with van der Waals surface area (Å²) in [6.45, 7) is 1.98. The van der Waals surface area contributed by atoms with Crippen LogP contribution < -0.4 is 0 Å². The Morgan fingerprint density at radius 1 is 1.14 bits per heavy atom. The summed E-state index contributed by atoms with van der Waals surface area (Å²) < 4.78 is 23.1. The van der Waals surface area contributed by atoms with Crippen LogP contribution in [0.15, 0.2) is 0 Å². The first-order valence-corrected chi connectivity index (χ1v) is 9.57. The normalized spacial score (nSPS) is 32.7. The van der Waals surface area contributed by atoms with Gasteiger partial charge in [0.2, 0.25) is 11.8 Å². The van der Waals surface area contributed by atoms with Gasteiger partial charge < -0.3 is 9.80 Å². The number of rotatable bonds is 2. The molecule has 0 aliphatic carbocycles. The average Bonchev–Trinajstić information content (AvgIpc) is 3.01. The number of likely N-dealkylation sites (tertiary alicyclic amines) is 2. The molecule has 3 aliphatic heterocycles. The van der Waals surface area contributed by atoms with Gasteiger partial charge in [0.1, 0.15) is 0 Å². The van der Waals surface area contributed by atoms with E-state index < -0.39 is 9.84 Å². The third kappa shape index (κ3) is 3.07. The molecule has 0 aromatic carbocycles. The standard InChI is InChI=1S/C14H22N2O4S/c17-13-8-11(14(18)15-5-2-1-3-6-15)9-16(13)12-4-7-21(19,20)10-12/h11-12H,1-10H2. The van der Waals surface area contributed by atoms with Crippen molar-refractivity contribution in [2.75, 3.05) is 31.1 Å². The van der Waals surface area contributed by atoms with Gasteiger partial charge in [-0.25, -0.2) is 8.42 Å². The first kappa shape index (κ1) is 14.8. The summed E-state index contributed by atoms with van der Waals surface area (Å²) in [7, 11) is -3.00. The molecule has 2 unspecified atom stereocenters. The maximum atomic E-state index is 12.5. The van der Waals surface area contributed by atoms with E-state index in [1.54, 1.807) is 4.90 Å². The van der Waals surface area contributed by atoms with Gasteiger partial charge in [0, 0.05) is 32.1 Å². The number of carbonyl (C=O) groups excluding carboxylic acids is 2. The first-order chi connectivity index (χ1) is 9.96. The van der Waals surface area contributed by atoms with E-state index in [2.05, 4.69) is 0 Å². The zero-order chi connectivity index (χ0) is 15.0. The summed E-state index contributed by atoms with van der Waals surface area (Å²) in [4.78, 5) is 28.1. The van der Waals surface area contributed by atoms with Crippen LogP contribution in [-0.2, 0) is 19.4 Å². The summed E-state index contributed by atoms with van der Waals surface area (Å²) in [5.41, 5.74) is 0. The van der Waals surface area contributed by atoms with Crippen molar-refractivity contribution in [1.82, 2.24) is 9.80 Å². The van der Waals surface area contributed by atoms with Gasteiger partial charge in [-0.3, -0.25) is 9.59 Å². The molecule has 0 aromatic heterocycles. The number of carbonyl (C=O) groups is 2. The second kappa shape index (κ2) is 5.59. The maximum Gasteiger partial charge on any atom is 0.227 e. The van der Waals surface area contributed by atoms with E-state index in [0.717, 1.165) is 25.9 Å². The van der Waals surface area contributed by atoms with Crippen molar-refractivity contribution < 1.29 is 18.0 Å². The molecule has 0 spiro atoms. The van der Waals surface area contributed by atoms with Gasteiger partial charge >= 0.3 is 0 Å². The number of nitrogens with zero attached hydrogens (tertiary/aromatic N) is 2. The van der Waals surface area contributed by atoms with Crippen molar-refractivity contribution in [2.45, 2.75) is 38.1 Å². The molecule has 7 heteroatoms. The highest BCUT2D eigenvalue weighted by molar-refractivity contribution is 7.91. The predicted molar refractivity (Wildman–Crippen MR) is 77.3 cm³/mol. The SMILES string of the molecule is O=C(C1CC(=O)N(C2CCS(=O)(=O)C2)C1)N1CCCCC1. The predicted octanol–water partition coefficient (Wildman–Crippen LogP) is 0.0345. The van der Waals surface area contributed by atoms with Crippen LogP contribution in [0.1, 0.15) is 32.1 Å². The molecule has 21 heavy (non-hydrogen) atoms. The topological polar surface area (TPSA) is 74.8 Å². The molecule has 0 radical (unpaired) electrons. The molecule has 3 heterocycles. The van der Waals surface area contributed by atoms with Crippen molar-refractivity contribution in [1.29, 1.82) is 0 Å². The summed E-state index contributed by atoms with van der Waals surface area (Å²) in [5, 5.41) is 0. The number of piperidine rings is 1. The Kier molecular flexibility index (Phi) is 3.94. The number of hydrogen-bond donors (Lipinski definition) is 0. The Morgan fingerprint density at radius 3 is 2.48 bits per heavy atom. The molecular formula is C14H22N2O4S. The van der Waals surface area contributed by atoms with Gasteiger partial charge in [-0.1, -0.05) is 0 Å². The van der Waals surface area contributed by atoms with Gasteiger partial charge in [-0.05, 0) is 25.7 Å². The van der Waals surface area contributed by atoms with E-state index in [0.29, 0.717) is 13.0 Å². The molecule has 3 saturated heterocycles. The van der Waals surface area contributed by atoms with Gasteiger partial charge in [-0.15, -0.1) is 0 Å². The van der Waals surface area contributed by atoms with Crippen LogP contribution in [0.2, 0.25) is 0 Å². The van der Waals surface area contributed by atoms with Crippen molar-refractivity contribution in [3.05, 3.63) is 0 Å². The van der Waals surface area contributed by atoms with Crippen molar-refractivity contribution in [2.24, 2.45) is 5.92 Å². The smallest absolute Gasteiger partial charge is 0.227 e. The third-order valence-electron chi connectivity index (χ3n) is 4.82. The molecule has 3 fully saturated rings. The van der Waals surface area contributed by atoms with Gasteiger partial charge in [-0.2, -0.15) is 0 Å². The zero-order valence-corrected chi connectivity index (χ0v) is 13.0. The fraction of sp³-hybridized carbons (Fsp3) is 0.857. The minimum atomic E-state index is -3.00. The lowest BCUT2D eigenvalue weighted by molar-refractivity contribution is -0.136. The Balaban J connectivity index is 1.63. The monoisotopic (exact) mass is 314 g/mol. The lowest BCUT2D eigenvalue weighted by atomic mass is 10.0. The van der Waals surface area contributed by atoms with Crippen LogP contribution >= 0.6 is 0 Å². The van der Waals surface area contributed by atoms with E-state index in [1.165, 1.54) is 6.42 Å². The molecule has 3 rings (SSSR count). The van der Waals surface area contributed by atoms with E-state index in [9.17, 15) is 18.0 Å². The molecule has 0 saturated carbocycles. The summed E-state index contributed by atoms with van der Waals surface area (Å²) in [6, 6.07) is -0.221. The van der Waals surface area contributed by atoms with Crippen LogP contribution in [0.4, 0.5) is 0 Å². The van der Waals surface area contributed by atoms with Crippen LogP contribution in [0.5, 0.6) is 0 Å². The van der Waals surface area contributed by atoms with Crippen molar-refractivity contribution >= 4 is 21.7 Å². The molecule has 3 aliphatic rings. The lowest BCUT2D eigenvalue weighted by Crippen LogP contribution is -2.42. The zero-order valence-electron chi connectivity index (χ0n) is 12.2. The second-order valence-electron chi connectivity index (χ2n) is 6.39. The van der Waals surface area contributed by atoms with Crippen molar-refractivity contribution in [3.8, 4) is 0 Å². The average molecular weight is 314 g/mol. The van der Waals surface area contributed by atoms with Crippen LogP contribution in [0.3, 0.4) is 0 Å². The number of amides is 2. The molecule has 0 N–H and O–H groups in total. The molecule has 2 amide bonds. The summed E-state index contributed by atoms with van der Waals surface area (Å²) in [6.07, 6.45) is 4.00. The molecule has 2 atom stereocenters. The van der Waals surface area contributed by atoms with E-state index in [-0.39, 0.29) is 41.7 Å². The summed E-state index contributed by atoms with van der Waals surface area (Å²) in [5.74, 6) is -0.0481. The fourth-order valence-electron chi connectivity index (χ4n) is 3.64. The Hall–Kier alpha value is -1.11. The quantitative estimate of drug-likeness (QED) is 0.721. The van der Waals surface area contributed by atoms with E-state index >= 15 is 0 Å². The second-order valence-corrected chi connectivity index (χ2v) is 8.62. The minimum Gasteiger partial charge on any atom is -0.342 e. The van der Waals surface area contributed by atoms with Gasteiger partial charge in [0.25, 0.3) is 0 Å².